The molecule has 0 spiro atoms. The molecule has 0 heterocycles. The van der Waals surface area contributed by atoms with Crippen LogP contribution in [0.15, 0.2) is 0 Å². The van der Waals surface area contributed by atoms with Crippen molar-refractivity contribution in [1.82, 2.24) is 0 Å². The lowest BCUT2D eigenvalue weighted by Gasteiger charge is -2.21. The molecule has 0 aliphatic rings. The highest BCUT2D eigenvalue weighted by Gasteiger charge is 2.30. The molecule has 3 unspecified atom stereocenters. The van der Waals surface area contributed by atoms with E-state index in [-0.39, 0.29) is 25.7 Å². The summed E-state index contributed by atoms with van der Waals surface area (Å²) in [5.74, 6) is -0.626. The molecule has 0 aromatic rings. The van der Waals surface area contributed by atoms with Gasteiger partial charge in [0.15, 0.2) is 12.2 Å². The lowest BCUT2D eigenvalue weighted by atomic mass is 10.00. The van der Waals surface area contributed by atoms with E-state index >= 15 is 0 Å². The van der Waals surface area contributed by atoms with Gasteiger partial charge in [-0.3, -0.25) is 37.3 Å². The fourth-order valence-electron chi connectivity index (χ4n) is 11.1. The first-order chi connectivity index (χ1) is 44.4. The second-order valence-corrected chi connectivity index (χ2v) is 30.0. The lowest BCUT2D eigenvalue weighted by molar-refractivity contribution is -0.161. The number of rotatable bonds is 72. The molecule has 0 fully saturated rings. The molecule has 0 bridgehead atoms. The summed E-state index contributed by atoms with van der Waals surface area (Å²) in [5.41, 5.74) is 0. The number of phosphoric acid groups is 2. The van der Waals surface area contributed by atoms with Crippen LogP contribution in [0, 0.1) is 11.8 Å². The van der Waals surface area contributed by atoms with E-state index in [1.165, 1.54) is 180 Å². The summed E-state index contributed by atoms with van der Waals surface area (Å²) >= 11 is 0. The van der Waals surface area contributed by atoms with Crippen LogP contribution in [0.4, 0.5) is 0 Å². The minimum atomic E-state index is -4.95. The molecule has 546 valence electrons. The fourth-order valence-corrected chi connectivity index (χ4v) is 12.7. The largest absolute Gasteiger partial charge is 0.472 e. The van der Waals surface area contributed by atoms with Crippen LogP contribution in [0.25, 0.3) is 0 Å². The molecule has 0 saturated carbocycles. The maximum atomic E-state index is 13.1. The van der Waals surface area contributed by atoms with Crippen molar-refractivity contribution in [2.45, 2.75) is 394 Å². The minimum Gasteiger partial charge on any atom is -0.462 e. The second-order valence-electron chi connectivity index (χ2n) is 27.1. The van der Waals surface area contributed by atoms with Gasteiger partial charge in [0.2, 0.25) is 0 Å². The molecule has 0 radical (unpaired) electrons. The van der Waals surface area contributed by atoms with Gasteiger partial charge in [0.25, 0.3) is 0 Å². The summed E-state index contributed by atoms with van der Waals surface area (Å²) in [6.45, 7) is 9.49. The molecule has 3 N–H and O–H groups in total. The molecule has 17 nitrogen and oxygen atoms in total. The highest BCUT2D eigenvalue weighted by molar-refractivity contribution is 7.47. The van der Waals surface area contributed by atoms with Gasteiger partial charge < -0.3 is 33.8 Å². The Kier molecular flexibility index (Phi) is 63.7. The number of carbonyl (C=O) groups is 4. The van der Waals surface area contributed by atoms with E-state index in [9.17, 15) is 43.2 Å². The van der Waals surface area contributed by atoms with Gasteiger partial charge in [0.05, 0.1) is 26.4 Å². The standard InChI is InChI=1S/C73H142O17P2/c1-7-10-12-14-16-17-18-19-20-21-22-23-24-25-26-31-34-38-45-51-57-72(77)89-68(62-84-71(76)56-50-44-37-33-30-28-27-29-32-36-41-47-53-65(4)5)63-87-91(79,80)85-59-67(74)60-86-92(81,82)88-64-69(61-83-70(75)55-49-43-35-15-13-11-8-2)90-73(78)58-52-46-40-39-42-48-54-66(6)9-3/h65-69,74H,7-64H2,1-6H3,(H,79,80)(H,81,82)/t66?,67-,68-,69-/m1/s1. The lowest BCUT2D eigenvalue weighted by Crippen LogP contribution is -2.30. The molecule has 0 aromatic heterocycles. The van der Waals surface area contributed by atoms with Crippen LogP contribution < -0.4 is 0 Å². The van der Waals surface area contributed by atoms with E-state index in [1.807, 2.05) is 0 Å². The number of aliphatic hydroxyl groups is 1. The minimum absolute atomic E-state index is 0.103. The molecule has 19 heteroatoms. The topological polar surface area (TPSA) is 237 Å². The van der Waals surface area contributed by atoms with Crippen LogP contribution in [-0.2, 0) is 65.4 Å². The van der Waals surface area contributed by atoms with Crippen LogP contribution in [-0.4, -0.2) is 96.7 Å². The van der Waals surface area contributed by atoms with E-state index in [4.69, 9.17) is 37.0 Å². The maximum Gasteiger partial charge on any atom is 0.472 e. The smallest absolute Gasteiger partial charge is 0.462 e. The molecule has 0 aliphatic carbocycles. The normalized spacial score (nSPS) is 14.4. The molecule has 0 rings (SSSR count). The summed E-state index contributed by atoms with van der Waals surface area (Å²) in [7, 11) is -9.90. The third-order valence-corrected chi connectivity index (χ3v) is 19.2. The summed E-state index contributed by atoms with van der Waals surface area (Å²) in [5, 5.41) is 10.6. The quantitative estimate of drug-likeness (QED) is 0.0222. The van der Waals surface area contributed by atoms with Crippen LogP contribution in [0.2, 0.25) is 0 Å². The first kappa shape index (κ1) is 90.1. The number of hydrogen-bond acceptors (Lipinski definition) is 15. The van der Waals surface area contributed by atoms with Crippen molar-refractivity contribution in [1.29, 1.82) is 0 Å². The molecule has 0 aliphatic heterocycles. The Labute approximate surface area is 562 Å². The Morgan fingerprint density at radius 1 is 0.315 bits per heavy atom. The van der Waals surface area contributed by atoms with Gasteiger partial charge in [-0.15, -0.1) is 0 Å². The highest BCUT2D eigenvalue weighted by atomic mass is 31.2. The highest BCUT2D eigenvalue weighted by Crippen LogP contribution is 2.45. The summed E-state index contributed by atoms with van der Waals surface area (Å²) < 4.78 is 68.3. The summed E-state index contributed by atoms with van der Waals surface area (Å²) in [6.07, 6.45) is 51.7. The summed E-state index contributed by atoms with van der Waals surface area (Å²) in [6, 6.07) is 0. The fraction of sp³-hybridized carbons (Fsp3) is 0.945. The SMILES string of the molecule is CCCCCCCCCCCCCCCCCCCCCCC(=O)O[C@H](COC(=O)CCCCCCCCCCCCCCC(C)C)COP(=O)(O)OC[C@@H](O)COP(=O)(O)OC[C@@H](COC(=O)CCCCCCCCC)OC(=O)CCCCCCCCC(C)CC. The van der Waals surface area contributed by atoms with E-state index in [0.717, 1.165) is 115 Å². The second kappa shape index (κ2) is 65.0. The Hall–Kier alpha value is -1.94. The van der Waals surface area contributed by atoms with E-state index in [1.54, 1.807) is 0 Å². The molecule has 0 amide bonds. The third kappa shape index (κ3) is 65.4. The molecular weight excluding hydrogens is 1210 g/mol. The van der Waals surface area contributed by atoms with Gasteiger partial charge in [-0.1, -0.05) is 324 Å². The van der Waals surface area contributed by atoms with Gasteiger partial charge in [0.1, 0.15) is 19.3 Å². The Bertz CT molecular complexity index is 1790. The first-order valence-corrected chi connectivity index (χ1v) is 41.0. The van der Waals surface area contributed by atoms with Gasteiger partial charge in [0, 0.05) is 25.7 Å². The van der Waals surface area contributed by atoms with Crippen LogP contribution in [0.5, 0.6) is 0 Å². The number of aliphatic hydroxyl groups excluding tert-OH is 1. The summed E-state index contributed by atoms with van der Waals surface area (Å²) in [4.78, 5) is 72.5. The van der Waals surface area contributed by atoms with Crippen molar-refractivity contribution in [3.8, 4) is 0 Å². The van der Waals surface area contributed by atoms with Crippen molar-refractivity contribution >= 4 is 39.5 Å². The zero-order valence-electron chi connectivity index (χ0n) is 59.9. The zero-order chi connectivity index (χ0) is 67.9. The van der Waals surface area contributed by atoms with Gasteiger partial charge in [-0.05, 0) is 37.5 Å². The van der Waals surface area contributed by atoms with Crippen molar-refractivity contribution in [3.63, 3.8) is 0 Å². The van der Waals surface area contributed by atoms with Crippen molar-refractivity contribution in [3.05, 3.63) is 0 Å². The molecule has 92 heavy (non-hydrogen) atoms. The first-order valence-electron chi connectivity index (χ1n) is 38.0. The Morgan fingerprint density at radius 3 is 0.826 bits per heavy atom. The number of esters is 4. The van der Waals surface area contributed by atoms with Crippen molar-refractivity contribution in [2.75, 3.05) is 39.6 Å². The number of carbonyl (C=O) groups excluding carboxylic acids is 4. The molecule has 0 aromatic carbocycles. The predicted octanol–water partition coefficient (Wildman–Crippen LogP) is 21.2. The maximum absolute atomic E-state index is 13.1. The van der Waals surface area contributed by atoms with Gasteiger partial charge in [-0.2, -0.15) is 0 Å². The van der Waals surface area contributed by atoms with Gasteiger partial charge >= 0.3 is 39.5 Å². The number of phosphoric ester groups is 2. The number of hydrogen-bond donors (Lipinski definition) is 3. The van der Waals surface area contributed by atoms with Crippen molar-refractivity contribution < 1.29 is 80.2 Å². The Balaban J connectivity index is 5.17. The van der Waals surface area contributed by atoms with Crippen molar-refractivity contribution in [2.24, 2.45) is 11.8 Å². The van der Waals surface area contributed by atoms with Crippen LogP contribution in [0.1, 0.15) is 375 Å². The molecule has 0 saturated heterocycles. The average molecular weight is 1350 g/mol. The third-order valence-electron chi connectivity index (χ3n) is 17.3. The molecule has 6 atom stereocenters. The number of unbranched alkanes of at least 4 members (excludes halogenated alkanes) is 41. The zero-order valence-corrected chi connectivity index (χ0v) is 61.6. The predicted molar refractivity (Wildman–Crippen MR) is 372 cm³/mol. The molecular formula is C73H142O17P2. The van der Waals surface area contributed by atoms with E-state index < -0.39 is 97.5 Å². The monoisotopic (exact) mass is 1350 g/mol. The van der Waals surface area contributed by atoms with Crippen LogP contribution in [0.3, 0.4) is 0 Å². The van der Waals surface area contributed by atoms with Gasteiger partial charge in [-0.25, -0.2) is 9.13 Å². The number of ether oxygens (including phenoxy) is 4. The van der Waals surface area contributed by atoms with Crippen LogP contribution >= 0.6 is 15.6 Å². The van der Waals surface area contributed by atoms with E-state index in [2.05, 4.69) is 41.5 Å². The van der Waals surface area contributed by atoms with E-state index in [0.29, 0.717) is 25.7 Å². The average Bonchev–Trinajstić information content (AvgIpc) is 1.41. The Morgan fingerprint density at radius 2 is 0.554 bits per heavy atom.